The lowest BCUT2D eigenvalue weighted by atomic mass is 10.2. The Hall–Kier alpha value is -0.570. The average Bonchev–Trinajstić information content (AvgIpc) is 2.49. The van der Waals surface area contributed by atoms with Gasteiger partial charge in [-0.25, -0.2) is 0 Å². The monoisotopic (exact) mass is 429 g/mol. The van der Waals surface area contributed by atoms with Gasteiger partial charge >= 0.3 is 5.97 Å². The topological polar surface area (TPSA) is 72.0 Å². The fraction of sp³-hybridized carbons (Fsp3) is 0.867. The van der Waals surface area contributed by atoms with Crippen LogP contribution in [0.4, 0.5) is 0 Å². The Morgan fingerprint density at radius 3 is 2.50 bits per heavy atom. The van der Waals surface area contributed by atoms with E-state index in [1.807, 2.05) is 13.8 Å². The molecule has 0 rings (SSSR count). The second kappa shape index (κ2) is 18.5. The molecule has 0 radical (unpaired) electrons. The van der Waals surface area contributed by atoms with Crippen LogP contribution < -0.4 is 10.6 Å². The Morgan fingerprint density at radius 1 is 1.09 bits per heavy atom. The van der Waals surface area contributed by atoms with Crippen molar-refractivity contribution >= 4 is 35.9 Å². The van der Waals surface area contributed by atoms with Gasteiger partial charge < -0.3 is 20.1 Å². The van der Waals surface area contributed by atoms with Crippen LogP contribution in [0, 0.1) is 0 Å². The molecule has 0 aliphatic carbocycles. The van der Waals surface area contributed by atoms with E-state index in [1.165, 1.54) is 7.11 Å². The first-order valence-corrected chi connectivity index (χ1v) is 7.91. The molecular formula is C15H32IN3O3. The van der Waals surface area contributed by atoms with E-state index in [4.69, 9.17) is 4.74 Å². The third-order valence-corrected chi connectivity index (χ3v) is 2.84. The summed E-state index contributed by atoms with van der Waals surface area (Å²) in [5.41, 5.74) is 0. The standard InChI is InChI=1S/C15H31N3O3.HI/c1-4-16-15(18-12-8-9-13-21-5-2)17-11-7-6-10-14(19)20-3;/h4-13H2,1-3H3,(H2,16,17,18);1H. The van der Waals surface area contributed by atoms with Crippen LogP contribution in [0.2, 0.25) is 0 Å². The fourth-order valence-electron chi connectivity index (χ4n) is 1.70. The molecule has 0 aliphatic heterocycles. The normalized spacial score (nSPS) is 10.8. The third-order valence-electron chi connectivity index (χ3n) is 2.84. The molecule has 0 unspecified atom stereocenters. The summed E-state index contributed by atoms with van der Waals surface area (Å²) in [5, 5.41) is 6.48. The maximum Gasteiger partial charge on any atom is 0.305 e. The van der Waals surface area contributed by atoms with Gasteiger partial charge in [-0.15, -0.1) is 24.0 Å². The molecule has 0 aromatic carbocycles. The molecule has 0 aromatic rings. The van der Waals surface area contributed by atoms with Crippen molar-refractivity contribution in [2.45, 2.75) is 46.0 Å². The number of aliphatic imine (C=N–C) groups is 1. The Bertz CT molecular complexity index is 289. The highest BCUT2D eigenvalue weighted by atomic mass is 127. The minimum absolute atomic E-state index is 0. The zero-order chi connectivity index (χ0) is 15.8. The van der Waals surface area contributed by atoms with Crippen molar-refractivity contribution in [2.75, 3.05) is 40.0 Å². The minimum Gasteiger partial charge on any atom is -0.469 e. The number of halogens is 1. The van der Waals surface area contributed by atoms with Gasteiger partial charge in [0.15, 0.2) is 5.96 Å². The maximum absolute atomic E-state index is 11.0. The number of unbranched alkanes of at least 4 members (excludes halogenated alkanes) is 2. The van der Waals surface area contributed by atoms with Gasteiger partial charge in [-0.3, -0.25) is 9.79 Å². The first-order chi connectivity index (χ1) is 10.2. The van der Waals surface area contributed by atoms with E-state index in [2.05, 4.69) is 20.4 Å². The van der Waals surface area contributed by atoms with Crippen molar-refractivity contribution in [3.05, 3.63) is 0 Å². The van der Waals surface area contributed by atoms with Crippen LogP contribution in [0.1, 0.15) is 46.0 Å². The molecule has 132 valence electrons. The smallest absolute Gasteiger partial charge is 0.305 e. The number of hydrogen-bond acceptors (Lipinski definition) is 4. The molecule has 0 spiro atoms. The van der Waals surface area contributed by atoms with Crippen LogP contribution in [-0.2, 0) is 14.3 Å². The van der Waals surface area contributed by atoms with Crippen LogP contribution in [0.25, 0.3) is 0 Å². The molecule has 7 heteroatoms. The van der Waals surface area contributed by atoms with Crippen molar-refractivity contribution in [1.82, 2.24) is 10.6 Å². The van der Waals surface area contributed by atoms with Crippen molar-refractivity contribution in [3.8, 4) is 0 Å². The Balaban J connectivity index is 0. The number of ether oxygens (including phenoxy) is 2. The SMILES string of the molecule is CCNC(=NCCCCOCC)NCCCCC(=O)OC.I. The third kappa shape index (κ3) is 15.8. The van der Waals surface area contributed by atoms with Crippen LogP contribution in [0.5, 0.6) is 0 Å². The first kappa shape index (κ1) is 23.7. The zero-order valence-electron chi connectivity index (χ0n) is 14.2. The van der Waals surface area contributed by atoms with E-state index in [9.17, 15) is 4.79 Å². The number of nitrogens with zero attached hydrogens (tertiary/aromatic N) is 1. The van der Waals surface area contributed by atoms with E-state index in [0.29, 0.717) is 6.42 Å². The molecule has 0 saturated heterocycles. The van der Waals surface area contributed by atoms with E-state index < -0.39 is 0 Å². The minimum atomic E-state index is -0.148. The van der Waals surface area contributed by atoms with Crippen molar-refractivity contribution < 1.29 is 14.3 Å². The second-order valence-corrected chi connectivity index (χ2v) is 4.62. The molecule has 0 atom stereocenters. The maximum atomic E-state index is 11.0. The highest BCUT2D eigenvalue weighted by Crippen LogP contribution is 1.96. The van der Waals surface area contributed by atoms with E-state index in [-0.39, 0.29) is 29.9 Å². The summed E-state index contributed by atoms with van der Waals surface area (Å²) in [7, 11) is 1.42. The molecule has 0 saturated carbocycles. The van der Waals surface area contributed by atoms with Gasteiger partial charge in [0.2, 0.25) is 0 Å². The van der Waals surface area contributed by atoms with Crippen LogP contribution in [0.3, 0.4) is 0 Å². The second-order valence-electron chi connectivity index (χ2n) is 4.62. The number of hydrogen-bond donors (Lipinski definition) is 2. The number of esters is 1. The van der Waals surface area contributed by atoms with Gasteiger partial charge in [-0.1, -0.05) is 0 Å². The summed E-state index contributed by atoms with van der Waals surface area (Å²) in [6.07, 6.45) is 4.29. The number of carbonyl (C=O) groups is 1. The average molecular weight is 429 g/mol. The number of methoxy groups -OCH3 is 1. The molecule has 6 nitrogen and oxygen atoms in total. The van der Waals surface area contributed by atoms with Crippen LogP contribution in [0.15, 0.2) is 4.99 Å². The van der Waals surface area contributed by atoms with E-state index in [0.717, 1.165) is 64.5 Å². The summed E-state index contributed by atoms with van der Waals surface area (Å²) in [4.78, 5) is 15.5. The molecule has 0 fully saturated rings. The summed E-state index contributed by atoms with van der Waals surface area (Å²) >= 11 is 0. The lowest BCUT2D eigenvalue weighted by Crippen LogP contribution is -2.37. The van der Waals surface area contributed by atoms with E-state index in [1.54, 1.807) is 0 Å². The van der Waals surface area contributed by atoms with Gasteiger partial charge in [-0.05, 0) is 39.5 Å². The zero-order valence-corrected chi connectivity index (χ0v) is 16.5. The van der Waals surface area contributed by atoms with Gasteiger partial charge in [-0.2, -0.15) is 0 Å². The van der Waals surface area contributed by atoms with Gasteiger partial charge in [0.1, 0.15) is 0 Å². The summed E-state index contributed by atoms with van der Waals surface area (Å²) in [6.45, 7) is 8.08. The summed E-state index contributed by atoms with van der Waals surface area (Å²) in [6, 6.07) is 0. The predicted molar refractivity (Wildman–Crippen MR) is 101 cm³/mol. The molecule has 0 bridgehead atoms. The van der Waals surface area contributed by atoms with Crippen molar-refractivity contribution in [2.24, 2.45) is 4.99 Å². The molecule has 0 heterocycles. The molecule has 0 amide bonds. The Morgan fingerprint density at radius 2 is 1.86 bits per heavy atom. The van der Waals surface area contributed by atoms with Gasteiger partial charge in [0.05, 0.1) is 7.11 Å². The Kier molecular flexibility index (Phi) is 19.9. The highest BCUT2D eigenvalue weighted by Gasteiger charge is 2.00. The van der Waals surface area contributed by atoms with Crippen molar-refractivity contribution in [1.29, 1.82) is 0 Å². The van der Waals surface area contributed by atoms with Gasteiger partial charge in [0.25, 0.3) is 0 Å². The number of nitrogens with one attached hydrogen (secondary N) is 2. The number of guanidine groups is 1. The Labute approximate surface area is 151 Å². The molecular weight excluding hydrogens is 397 g/mol. The van der Waals surface area contributed by atoms with Gasteiger partial charge in [0, 0.05) is 39.3 Å². The summed E-state index contributed by atoms with van der Waals surface area (Å²) < 4.78 is 9.90. The number of rotatable bonds is 12. The molecule has 22 heavy (non-hydrogen) atoms. The lowest BCUT2D eigenvalue weighted by Gasteiger charge is -2.11. The molecule has 0 aromatic heterocycles. The van der Waals surface area contributed by atoms with E-state index >= 15 is 0 Å². The largest absolute Gasteiger partial charge is 0.469 e. The summed E-state index contributed by atoms with van der Waals surface area (Å²) in [5.74, 6) is 0.692. The predicted octanol–water partition coefficient (Wildman–Crippen LogP) is 2.32. The van der Waals surface area contributed by atoms with Crippen molar-refractivity contribution in [3.63, 3.8) is 0 Å². The fourth-order valence-corrected chi connectivity index (χ4v) is 1.70. The highest BCUT2D eigenvalue weighted by molar-refractivity contribution is 14.0. The lowest BCUT2D eigenvalue weighted by molar-refractivity contribution is -0.140. The van der Waals surface area contributed by atoms with Crippen LogP contribution in [-0.4, -0.2) is 51.9 Å². The number of carbonyl (C=O) groups excluding carboxylic acids is 1. The van der Waals surface area contributed by atoms with Crippen LogP contribution >= 0.6 is 24.0 Å². The molecule has 0 aliphatic rings. The molecule has 2 N–H and O–H groups in total. The quantitative estimate of drug-likeness (QED) is 0.164. The first-order valence-electron chi connectivity index (χ1n) is 7.91.